The van der Waals surface area contributed by atoms with Crippen LogP contribution in [0.3, 0.4) is 0 Å². The summed E-state index contributed by atoms with van der Waals surface area (Å²) in [5.41, 5.74) is 0.667. The number of carbonyl (C=O) groups is 2. The first kappa shape index (κ1) is 26.9. The first-order valence-electron chi connectivity index (χ1n) is 11.7. The minimum Gasteiger partial charge on any atom is -0.497 e. The van der Waals surface area contributed by atoms with Crippen LogP contribution in [-0.2, 0) is 18.9 Å². The fourth-order valence-corrected chi connectivity index (χ4v) is 4.34. The average molecular weight is 503 g/mol. The van der Waals surface area contributed by atoms with Crippen LogP contribution in [0.2, 0.25) is 25.7 Å². The van der Waals surface area contributed by atoms with Crippen LogP contribution < -0.4 is 4.74 Å². The molecule has 190 valence electrons. The van der Waals surface area contributed by atoms with E-state index in [9.17, 15) is 14.7 Å². The van der Waals surface area contributed by atoms with Crippen molar-refractivity contribution in [2.45, 2.75) is 56.7 Å². The number of aliphatic hydroxyl groups excluding tert-OH is 1. The maximum Gasteiger partial charge on any atom is 0.338 e. The molecule has 35 heavy (non-hydrogen) atoms. The molecule has 4 atom stereocenters. The van der Waals surface area contributed by atoms with E-state index in [1.54, 1.807) is 54.6 Å². The molecule has 2 aromatic rings. The summed E-state index contributed by atoms with van der Waals surface area (Å²) in [7, 11) is 0.206. The van der Waals surface area contributed by atoms with E-state index in [1.807, 2.05) is 0 Å². The normalized spacial score (nSPS) is 22.3. The largest absolute Gasteiger partial charge is 0.497 e. The van der Waals surface area contributed by atoms with Gasteiger partial charge in [-0.15, -0.1) is 0 Å². The van der Waals surface area contributed by atoms with Crippen molar-refractivity contribution in [2.75, 3.05) is 20.3 Å². The van der Waals surface area contributed by atoms with Crippen LogP contribution in [0.15, 0.2) is 54.6 Å². The lowest BCUT2D eigenvalue weighted by Gasteiger charge is -2.40. The Morgan fingerprint density at radius 1 is 0.971 bits per heavy atom. The summed E-state index contributed by atoms with van der Waals surface area (Å²) < 4.78 is 28.5. The molecule has 0 unspecified atom stereocenters. The Kier molecular flexibility index (Phi) is 9.45. The van der Waals surface area contributed by atoms with Crippen LogP contribution >= 0.6 is 0 Å². The van der Waals surface area contributed by atoms with Crippen molar-refractivity contribution in [3.8, 4) is 5.75 Å². The highest BCUT2D eigenvalue weighted by Gasteiger charge is 2.44. The Bertz CT molecular complexity index is 958. The van der Waals surface area contributed by atoms with E-state index >= 15 is 0 Å². The van der Waals surface area contributed by atoms with Crippen molar-refractivity contribution < 1.29 is 38.4 Å². The molecule has 0 spiro atoms. The molecule has 0 amide bonds. The molecule has 0 saturated carbocycles. The fraction of sp³-hybridized carbons (Fsp3) is 0.462. The second kappa shape index (κ2) is 12.3. The van der Waals surface area contributed by atoms with E-state index in [1.165, 1.54) is 7.11 Å². The monoisotopic (exact) mass is 502 g/mol. The summed E-state index contributed by atoms with van der Waals surface area (Å²) in [6.45, 7) is 6.79. The third-order valence-corrected chi connectivity index (χ3v) is 7.36. The van der Waals surface area contributed by atoms with Gasteiger partial charge in [0.15, 0.2) is 12.4 Å². The lowest BCUT2D eigenvalue weighted by molar-refractivity contribution is -0.254. The number of ether oxygens (including phenoxy) is 5. The molecule has 9 heteroatoms. The maximum absolute atomic E-state index is 12.9. The third-order valence-electron chi connectivity index (χ3n) is 5.66. The second-order valence-electron chi connectivity index (χ2n) is 9.61. The van der Waals surface area contributed by atoms with Crippen LogP contribution in [0.1, 0.15) is 27.1 Å². The van der Waals surface area contributed by atoms with Crippen LogP contribution in [0.25, 0.3) is 0 Å². The van der Waals surface area contributed by atoms with E-state index in [0.29, 0.717) is 23.5 Å². The zero-order valence-electron chi connectivity index (χ0n) is 20.6. The molecular weight excluding hydrogens is 468 g/mol. The highest BCUT2D eigenvalue weighted by Crippen LogP contribution is 2.28. The zero-order valence-corrected chi connectivity index (χ0v) is 21.6. The molecule has 1 N–H and O–H groups in total. The first-order valence-corrected chi connectivity index (χ1v) is 15.4. The van der Waals surface area contributed by atoms with E-state index in [2.05, 4.69) is 19.6 Å². The number of carbonyl (C=O) groups excluding carboxylic acids is 2. The van der Waals surface area contributed by atoms with Gasteiger partial charge in [-0.3, -0.25) is 0 Å². The summed E-state index contributed by atoms with van der Waals surface area (Å²) in [4.78, 5) is 25.7. The van der Waals surface area contributed by atoms with Crippen LogP contribution in [0, 0.1) is 0 Å². The number of rotatable bonds is 10. The molecular formula is C26H34O8Si. The van der Waals surface area contributed by atoms with Crippen molar-refractivity contribution in [1.29, 1.82) is 0 Å². The van der Waals surface area contributed by atoms with E-state index in [-0.39, 0.29) is 6.42 Å². The van der Waals surface area contributed by atoms with Gasteiger partial charge in [0.2, 0.25) is 0 Å². The van der Waals surface area contributed by atoms with Gasteiger partial charge in [0.25, 0.3) is 0 Å². The van der Waals surface area contributed by atoms with Gasteiger partial charge in [0, 0.05) is 21.1 Å². The minimum absolute atomic E-state index is 0.168. The molecule has 1 fully saturated rings. The quantitative estimate of drug-likeness (QED) is 0.386. The van der Waals surface area contributed by atoms with E-state index < -0.39 is 51.2 Å². The first-order chi connectivity index (χ1) is 16.7. The predicted molar refractivity (Wildman–Crippen MR) is 132 cm³/mol. The Balaban J connectivity index is 1.77. The molecule has 0 bridgehead atoms. The molecule has 3 rings (SSSR count). The van der Waals surface area contributed by atoms with Gasteiger partial charge >= 0.3 is 11.9 Å². The Labute approximate surface area is 207 Å². The Morgan fingerprint density at radius 2 is 1.60 bits per heavy atom. The van der Waals surface area contributed by atoms with Crippen molar-refractivity contribution in [3.63, 3.8) is 0 Å². The van der Waals surface area contributed by atoms with E-state index in [4.69, 9.17) is 23.7 Å². The second-order valence-corrected chi connectivity index (χ2v) is 15.2. The van der Waals surface area contributed by atoms with E-state index in [0.717, 1.165) is 6.04 Å². The fourth-order valence-electron chi connectivity index (χ4n) is 3.61. The smallest absolute Gasteiger partial charge is 0.338 e. The van der Waals surface area contributed by atoms with Gasteiger partial charge in [-0.2, -0.15) is 0 Å². The SMILES string of the molecule is COc1ccc(C(=O)O[C@H]2[C@H](OC(=O)c3ccccc3)C[C@H](OCC[Si](C)(C)C)O[C@@H]2CO)cc1. The van der Waals surface area contributed by atoms with Gasteiger partial charge in [-0.1, -0.05) is 37.8 Å². The predicted octanol–water partition coefficient (Wildman–Crippen LogP) is 3.91. The standard InChI is InChI=1S/C26H34O8Si/c1-30-20-12-10-19(11-13-20)26(29)34-24-21(33-25(28)18-8-6-5-7-9-18)16-23(32-22(24)17-27)31-14-15-35(2,3)4/h5-13,21-24,27H,14-17H2,1-4H3/t21-,22-,23-,24+/m1/s1. The van der Waals surface area contributed by atoms with Crippen molar-refractivity contribution >= 4 is 20.0 Å². The topological polar surface area (TPSA) is 101 Å². The summed E-state index contributed by atoms with van der Waals surface area (Å²) in [5, 5.41) is 10.0. The van der Waals surface area contributed by atoms with Gasteiger partial charge in [0.1, 0.15) is 18.0 Å². The van der Waals surface area contributed by atoms with Gasteiger partial charge in [-0.05, 0) is 42.4 Å². The number of methoxy groups -OCH3 is 1. The lowest BCUT2D eigenvalue weighted by atomic mass is 10.0. The number of hydrogen-bond donors (Lipinski definition) is 1. The van der Waals surface area contributed by atoms with Crippen molar-refractivity contribution in [1.82, 2.24) is 0 Å². The van der Waals surface area contributed by atoms with Crippen LogP contribution in [0.5, 0.6) is 5.75 Å². The molecule has 1 saturated heterocycles. The van der Waals surface area contributed by atoms with Gasteiger partial charge in [0.05, 0.1) is 24.8 Å². The highest BCUT2D eigenvalue weighted by atomic mass is 28.3. The Morgan fingerprint density at radius 3 is 2.20 bits per heavy atom. The molecule has 1 aliphatic rings. The molecule has 1 aliphatic heterocycles. The molecule has 8 nitrogen and oxygen atoms in total. The van der Waals surface area contributed by atoms with Crippen LogP contribution in [-0.4, -0.2) is 70.0 Å². The summed E-state index contributed by atoms with van der Waals surface area (Å²) in [5.74, 6) is -0.581. The summed E-state index contributed by atoms with van der Waals surface area (Å²) in [6.07, 6.45) is -3.34. The number of aliphatic hydroxyl groups is 1. The van der Waals surface area contributed by atoms with Gasteiger partial charge in [-0.25, -0.2) is 9.59 Å². The summed E-state index contributed by atoms with van der Waals surface area (Å²) in [6, 6.07) is 15.9. The van der Waals surface area contributed by atoms with Gasteiger partial charge < -0.3 is 28.8 Å². The number of benzene rings is 2. The molecule has 2 aromatic carbocycles. The zero-order chi connectivity index (χ0) is 25.4. The van der Waals surface area contributed by atoms with Crippen LogP contribution in [0.4, 0.5) is 0 Å². The number of esters is 2. The molecule has 1 heterocycles. The maximum atomic E-state index is 12.9. The third kappa shape index (κ3) is 7.89. The van der Waals surface area contributed by atoms with Crippen molar-refractivity contribution in [2.24, 2.45) is 0 Å². The highest BCUT2D eigenvalue weighted by molar-refractivity contribution is 6.76. The molecule has 0 aliphatic carbocycles. The number of hydrogen-bond acceptors (Lipinski definition) is 8. The van der Waals surface area contributed by atoms with Crippen molar-refractivity contribution in [3.05, 3.63) is 65.7 Å². The Hall–Kier alpha value is -2.72. The average Bonchev–Trinajstić information content (AvgIpc) is 2.85. The minimum atomic E-state index is -1.33. The molecule has 0 aromatic heterocycles. The summed E-state index contributed by atoms with van der Waals surface area (Å²) >= 11 is 0. The lowest BCUT2D eigenvalue weighted by Crippen LogP contribution is -2.54. The molecule has 0 radical (unpaired) electrons.